The first kappa shape index (κ1) is 21.8. The average molecular weight is 427 g/mol. The lowest BCUT2D eigenvalue weighted by Crippen LogP contribution is -2.26. The van der Waals surface area contributed by atoms with E-state index in [1.54, 1.807) is 6.92 Å². The zero-order chi connectivity index (χ0) is 18.5. The number of fused-ring (bicyclic) bond motifs is 1. The van der Waals surface area contributed by atoms with Crippen molar-refractivity contribution in [2.75, 3.05) is 31.3 Å². The molecule has 1 amide bonds. The maximum absolute atomic E-state index is 12.5. The molecule has 0 bridgehead atoms. The Bertz CT molecular complexity index is 796. The number of amides is 1. The number of carbonyl (C=O) groups is 2. The van der Waals surface area contributed by atoms with Crippen LogP contribution in [0.4, 0.5) is 5.00 Å². The molecule has 0 saturated carbocycles. The summed E-state index contributed by atoms with van der Waals surface area (Å²) in [5, 5.41) is 3.54. The molecule has 5 nitrogen and oxygen atoms in total. The number of rotatable bonds is 6. The number of likely N-dealkylation sites (N-methyl/N-ethyl adjacent to an activating group) is 1. The Morgan fingerprint density at radius 2 is 2.04 bits per heavy atom. The third-order valence-corrected chi connectivity index (χ3v) is 6.24. The Labute approximate surface area is 173 Å². The number of nitrogens with one attached hydrogen (secondary N) is 1. The summed E-state index contributed by atoms with van der Waals surface area (Å²) in [6.45, 7) is 3.80. The number of thiophene rings is 1. The Morgan fingerprint density at radius 1 is 1.30 bits per heavy atom. The van der Waals surface area contributed by atoms with Gasteiger partial charge < -0.3 is 15.0 Å². The minimum atomic E-state index is -0.347. The van der Waals surface area contributed by atoms with Gasteiger partial charge in [0.2, 0.25) is 5.91 Å². The molecule has 27 heavy (non-hydrogen) atoms. The number of hydrogen-bond donors (Lipinski definition) is 1. The van der Waals surface area contributed by atoms with Crippen LogP contribution in [0.3, 0.4) is 0 Å². The molecule has 2 heterocycles. The zero-order valence-corrected chi connectivity index (χ0v) is 17.8. The van der Waals surface area contributed by atoms with E-state index in [4.69, 9.17) is 4.74 Å². The fourth-order valence-electron chi connectivity index (χ4n) is 2.87. The third-order valence-electron chi connectivity index (χ3n) is 4.09. The lowest BCUT2D eigenvalue weighted by Gasteiger charge is -2.22. The second kappa shape index (κ2) is 10.1. The van der Waals surface area contributed by atoms with Crippen molar-refractivity contribution in [3.05, 3.63) is 46.3 Å². The first-order chi connectivity index (χ1) is 12.6. The summed E-state index contributed by atoms with van der Waals surface area (Å²) >= 11 is 2.96. The number of carbonyl (C=O) groups excluding carboxylic acids is 2. The third kappa shape index (κ3) is 5.48. The van der Waals surface area contributed by atoms with Crippen LogP contribution in [0.25, 0.3) is 0 Å². The van der Waals surface area contributed by atoms with Gasteiger partial charge in [0.15, 0.2) is 0 Å². The maximum Gasteiger partial charge on any atom is 0.341 e. The molecular formula is C19H23ClN2O3S2. The van der Waals surface area contributed by atoms with Gasteiger partial charge >= 0.3 is 5.97 Å². The predicted octanol–water partition coefficient (Wildman–Crippen LogP) is 4.07. The van der Waals surface area contributed by atoms with Crippen molar-refractivity contribution in [3.63, 3.8) is 0 Å². The van der Waals surface area contributed by atoms with E-state index in [-0.39, 0.29) is 24.3 Å². The van der Waals surface area contributed by atoms with Gasteiger partial charge in [-0.1, -0.05) is 18.2 Å². The van der Waals surface area contributed by atoms with E-state index in [0.29, 0.717) is 22.9 Å². The average Bonchev–Trinajstić information content (AvgIpc) is 2.98. The van der Waals surface area contributed by atoms with Crippen molar-refractivity contribution in [1.29, 1.82) is 0 Å². The van der Waals surface area contributed by atoms with Crippen LogP contribution in [0.1, 0.15) is 27.7 Å². The van der Waals surface area contributed by atoms with Crippen molar-refractivity contribution >= 4 is 52.4 Å². The smallest absolute Gasteiger partial charge is 0.341 e. The van der Waals surface area contributed by atoms with Crippen LogP contribution in [0, 0.1) is 0 Å². The lowest BCUT2D eigenvalue weighted by atomic mass is 10.0. The van der Waals surface area contributed by atoms with E-state index in [1.165, 1.54) is 23.1 Å². The monoisotopic (exact) mass is 426 g/mol. The van der Waals surface area contributed by atoms with Crippen molar-refractivity contribution < 1.29 is 14.3 Å². The highest BCUT2D eigenvalue weighted by Crippen LogP contribution is 2.37. The minimum Gasteiger partial charge on any atom is -0.462 e. The number of esters is 1. The zero-order valence-electron chi connectivity index (χ0n) is 15.3. The first-order valence-electron chi connectivity index (χ1n) is 8.56. The molecule has 0 spiro atoms. The Hall–Kier alpha value is -1.54. The van der Waals surface area contributed by atoms with Crippen molar-refractivity contribution in [3.8, 4) is 0 Å². The normalized spacial score (nSPS) is 13.4. The van der Waals surface area contributed by atoms with Gasteiger partial charge in [0.25, 0.3) is 0 Å². The van der Waals surface area contributed by atoms with Crippen LogP contribution >= 0.6 is 35.5 Å². The summed E-state index contributed by atoms with van der Waals surface area (Å²) in [4.78, 5) is 29.3. The van der Waals surface area contributed by atoms with Crippen molar-refractivity contribution in [1.82, 2.24) is 4.90 Å². The molecule has 3 rings (SSSR count). The maximum atomic E-state index is 12.5. The highest BCUT2D eigenvalue weighted by atomic mass is 35.5. The Morgan fingerprint density at radius 3 is 2.74 bits per heavy atom. The molecule has 1 aromatic carbocycles. The number of hydrogen-bond acceptors (Lipinski definition) is 6. The molecule has 0 saturated heterocycles. The van der Waals surface area contributed by atoms with E-state index < -0.39 is 0 Å². The molecule has 8 heteroatoms. The summed E-state index contributed by atoms with van der Waals surface area (Å²) in [6.07, 6.45) is 0.797. The molecule has 1 aliphatic rings. The molecule has 0 aliphatic carbocycles. The van der Waals surface area contributed by atoms with E-state index in [9.17, 15) is 9.59 Å². The number of halogens is 1. The van der Waals surface area contributed by atoms with Crippen LogP contribution in [0.15, 0.2) is 35.2 Å². The number of ether oxygens (including phenoxy) is 1. The summed E-state index contributed by atoms with van der Waals surface area (Å²) in [6, 6.07) is 9.79. The van der Waals surface area contributed by atoms with E-state index >= 15 is 0 Å². The van der Waals surface area contributed by atoms with E-state index in [2.05, 4.69) is 17.3 Å². The van der Waals surface area contributed by atoms with E-state index in [1.807, 2.05) is 30.3 Å². The van der Waals surface area contributed by atoms with Gasteiger partial charge in [0.1, 0.15) is 5.00 Å². The Kier molecular flexibility index (Phi) is 8.16. The quantitative estimate of drug-likeness (QED) is 0.557. The lowest BCUT2D eigenvalue weighted by molar-refractivity contribution is -0.113. The van der Waals surface area contributed by atoms with Gasteiger partial charge in [0.05, 0.1) is 17.9 Å². The SMILES string of the molecule is CCOC(=O)c1c(NC(=O)CSc2ccccc2)sc2c1CCN(C)C2.Cl. The number of benzene rings is 1. The molecule has 0 unspecified atom stereocenters. The molecule has 1 N–H and O–H groups in total. The van der Waals surface area contributed by atoms with Crippen LogP contribution in [0.5, 0.6) is 0 Å². The standard InChI is InChI=1S/C19H22N2O3S2.ClH/c1-3-24-19(23)17-14-9-10-21(2)11-15(14)26-18(17)20-16(22)12-25-13-7-5-4-6-8-13;/h4-8H,3,9-12H2,1-2H3,(H,20,22);1H. The molecule has 0 atom stereocenters. The molecular weight excluding hydrogens is 404 g/mol. The summed E-state index contributed by atoms with van der Waals surface area (Å²) in [5.41, 5.74) is 1.57. The summed E-state index contributed by atoms with van der Waals surface area (Å²) in [5.74, 6) is -0.161. The second-order valence-corrected chi connectivity index (χ2v) is 8.22. The molecule has 0 radical (unpaired) electrons. The largest absolute Gasteiger partial charge is 0.462 e. The number of anilines is 1. The highest BCUT2D eigenvalue weighted by Gasteiger charge is 2.28. The Balaban J connectivity index is 0.00000261. The van der Waals surface area contributed by atoms with Gasteiger partial charge in [-0.05, 0) is 38.1 Å². The second-order valence-electron chi connectivity index (χ2n) is 6.07. The van der Waals surface area contributed by atoms with Crippen molar-refractivity contribution in [2.45, 2.75) is 24.8 Å². The van der Waals surface area contributed by atoms with Crippen LogP contribution in [-0.4, -0.2) is 42.7 Å². The van der Waals surface area contributed by atoms with E-state index in [0.717, 1.165) is 34.8 Å². The van der Waals surface area contributed by atoms with Crippen molar-refractivity contribution in [2.24, 2.45) is 0 Å². The van der Waals surface area contributed by atoms with Crippen LogP contribution in [0.2, 0.25) is 0 Å². The van der Waals surface area contributed by atoms with Gasteiger partial charge in [-0.2, -0.15) is 0 Å². The fraction of sp³-hybridized carbons (Fsp3) is 0.368. The van der Waals surface area contributed by atoms with Gasteiger partial charge in [-0.3, -0.25) is 4.79 Å². The fourth-order valence-corrected chi connectivity index (χ4v) is 4.92. The molecule has 0 fully saturated rings. The molecule has 1 aromatic heterocycles. The minimum absolute atomic E-state index is 0. The highest BCUT2D eigenvalue weighted by molar-refractivity contribution is 8.00. The predicted molar refractivity (Wildman–Crippen MR) is 113 cm³/mol. The van der Waals surface area contributed by atoms with Gasteiger partial charge in [-0.25, -0.2) is 4.79 Å². The summed E-state index contributed by atoms with van der Waals surface area (Å²) in [7, 11) is 2.06. The molecule has 1 aliphatic heterocycles. The van der Waals surface area contributed by atoms with Gasteiger partial charge in [0, 0.05) is 22.9 Å². The number of nitrogens with zero attached hydrogens (tertiary/aromatic N) is 1. The molecule has 2 aromatic rings. The number of thioether (sulfide) groups is 1. The van der Waals surface area contributed by atoms with Crippen LogP contribution < -0.4 is 5.32 Å². The topological polar surface area (TPSA) is 58.6 Å². The van der Waals surface area contributed by atoms with Crippen LogP contribution in [-0.2, 0) is 22.5 Å². The summed E-state index contributed by atoms with van der Waals surface area (Å²) < 4.78 is 5.23. The van der Waals surface area contributed by atoms with Gasteiger partial charge in [-0.15, -0.1) is 35.5 Å². The first-order valence-corrected chi connectivity index (χ1v) is 10.4. The molecule has 146 valence electrons.